The van der Waals surface area contributed by atoms with Gasteiger partial charge in [-0.3, -0.25) is 4.99 Å². The van der Waals surface area contributed by atoms with Crippen LogP contribution in [-0.2, 0) is 6.42 Å². The van der Waals surface area contributed by atoms with Crippen molar-refractivity contribution in [1.82, 2.24) is 9.80 Å². The van der Waals surface area contributed by atoms with E-state index in [4.69, 9.17) is 0 Å². The van der Waals surface area contributed by atoms with E-state index in [1.165, 1.54) is 10.4 Å². The highest BCUT2D eigenvalue weighted by Gasteiger charge is 2.41. The Kier molecular flexibility index (Phi) is 2.37. The third-order valence-electron chi connectivity index (χ3n) is 4.34. The number of likely N-dealkylation sites (tertiary alicyclic amines) is 1. The highest BCUT2D eigenvalue weighted by Crippen LogP contribution is 2.38. The number of nitrogens with zero attached hydrogens (tertiary/aromatic N) is 3. The summed E-state index contributed by atoms with van der Waals surface area (Å²) < 4.78 is 12.8. The van der Waals surface area contributed by atoms with Gasteiger partial charge in [-0.2, -0.15) is 0 Å². The van der Waals surface area contributed by atoms with Crippen LogP contribution in [0.5, 0.6) is 0 Å². The fraction of sp³-hybridized carbons (Fsp3) is 0.615. The van der Waals surface area contributed by atoms with Crippen molar-refractivity contribution in [2.75, 3.05) is 26.3 Å². The molecular formula is C13H16FN3S. The quantitative estimate of drug-likeness (QED) is 0.774. The zero-order valence-corrected chi connectivity index (χ0v) is 11.0. The molecule has 0 aromatic carbocycles. The molecule has 1 saturated heterocycles. The Labute approximate surface area is 110 Å². The van der Waals surface area contributed by atoms with Gasteiger partial charge in [0.25, 0.3) is 0 Å². The van der Waals surface area contributed by atoms with Gasteiger partial charge in [0, 0.05) is 18.0 Å². The minimum atomic E-state index is -0.249. The smallest absolute Gasteiger partial charge is 0.197 e. The first-order valence-corrected chi connectivity index (χ1v) is 7.46. The minimum absolute atomic E-state index is 0.0753. The Morgan fingerprint density at radius 3 is 3.11 bits per heavy atom. The largest absolute Gasteiger partial charge is 0.337 e. The lowest BCUT2D eigenvalue weighted by atomic mass is 10.0. The van der Waals surface area contributed by atoms with E-state index in [9.17, 15) is 4.39 Å². The summed E-state index contributed by atoms with van der Waals surface area (Å²) in [5.74, 6) is 1.05. The molecule has 2 atom stereocenters. The summed E-state index contributed by atoms with van der Waals surface area (Å²) in [6.07, 6.45) is 2.08. The molecule has 4 heterocycles. The van der Waals surface area contributed by atoms with Gasteiger partial charge >= 0.3 is 0 Å². The predicted octanol–water partition coefficient (Wildman–Crippen LogP) is 2.06. The molecule has 3 aliphatic rings. The van der Waals surface area contributed by atoms with Gasteiger partial charge in [0.2, 0.25) is 0 Å². The first kappa shape index (κ1) is 10.8. The molecule has 0 N–H and O–H groups in total. The number of guanidine groups is 1. The van der Waals surface area contributed by atoms with Crippen LogP contribution in [-0.4, -0.2) is 48.1 Å². The van der Waals surface area contributed by atoms with Crippen LogP contribution in [0.3, 0.4) is 0 Å². The average molecular weight is 265 g/mol. The molecule has 3 nitrogen and oxygen atoms in total. The van der Waals surface area contributed by atoms with E-state index in [1.807, 2.05) is 11.3 Å². The molecule has 0 saturated carbocycles. The lowest BCUT2D eigenvalue weighted by Crippen LogP contribution is -2.57. The number of hydrogen-bond acceptors (Lipinski definition) is 4. The Hall–Kier alpha value is -1.10. The average Bonchev–Trinajstić information content (AvgIpc) is 2.94. The SMILES string of the molecule is FCC1CCN1C1=NCC2c3ccsc3CCN12. The number of aliphatic imine (C=N–C) groups is 1. The number of alkyl halides is 1. The van der Waals surface area contributed by atoms with Gasteiger partial charge in [0.15, 0.2) is 5.96 Å². The fourth-order valence-corrected chi connectivity index (χ4v) is 4.14. The standard InChI is InChI=1S/C13H16FN3S/c14-7-9-1-4-16(9)13-15-8-11-10-3-6-18-12(10)2-5-17(11)13/h3,6,9,11H,1-2,4-5,7-8H2. The highest BCUT2D eigenvalue weighted by molar-refractivity contribution is 7.10. The Balaban J connectivity index is 1.60. The summed E-state index contributed by atoms with van der Waals surface area (Å²) in [6.45, 7) is 2.59. The molecule has 0 aliphatic carbocycles. The van der Waals surface area contributed by atoms with Crippen molar-refractivity contribution in [2.24, 2.45) is 4.99 Å². The Morgan fingerprint density at radius 1 is 1.39 bits per heavy atom. The molecular weight excluding hydrogens is 249 g/mol. The molecule has 0 bridgehead atoms. The van der Waals surface area contributed by atoms with Gasteiger partial charge < -0.3 is 9.80 Å². The topological polar surface area (TPSA) is 18.8 Å². The predicted molar refractivity (Wildman–Crippen MR) is 70.9 cm³/mol. The minimum Gasteiger partial charge on any atom is -0.337 e. The van der Waals surface area contributed by atoms with Crippen molar-refractivity contribution in [1.29, 1.82) is 0 Å². The van der Waals surface area contributed by atoms with Gasteiger partial charge in [-0.15, -0.1) is 11.3 Å². The Bertz CT molecular complexity index is 496. The molecule has 0 radical (unpaired) electrons. The summed E-state index contributed by atoms with van der Waals surface area (Å²) in [5.41, 5.74) is 1.45. The van der Waals surface area contributed by atoms with Crippen molar-refractivity contribution < 1.29 is 4.39 Å². The normalized spacial score (nSPS) is 29.7. The molecule has 1 aromatic heterocycles. The summed E-state index contributed by atoms with van der Waals surface area (Å²) >= 11 is 1.86. The molecule has 96 valence electrons. The molecule has 18 heavy (non-hydrogen) atoms. The van der Waals surface area contributed by atoms with E-state index in [0.29, 0.717) is 6.04 Å². The fourth-order valence-electron chi connectivity index (χ4n) is 3.21. The van der Waals surface area contributed by atoms with E-state index in [2.05, 4.69) is 26.2 Å². The number of rotatable bonds is 1. The molecule has 5 heteroatoms. The van der Waals surface area contributed by atoms with Crippen LogP contribution in [0.2, 0.25) is 0 Å². The number of fused-ring (bicyclic) bond motifs is 3. The monoisotopic (exact) mass is 265 g/mol. The second-order valence-corrected chi connectivity index (χ2v) is 6.19. The van der Waals surface area contributed by atoms with Gasteiger partial charge in [-0.25, -0.2) is 4.39 Å². The molecule has 0 spiro atoms. The first-order valence-electron chi connectivity index (χ1n) is 6.58. The van der Waals surface area contributed by atoms with Gasteiger partial charge in [-0.05, 0) is 29.9 Å². The molecule has 2 unspecified atom stereocenters. The van der Waals surface area contributed by atoms with E-state index in [0.717, 1.165) is 38.4 Å². The third kappa shape index (κ3) is 1.37. The molecule has 4 rings (SSSR count). The third-order valence-corrected chi connectivity index (χ3v) is 5.33. The maximum Gasteiger partial charge on any atom is 0.197 e. The summed E-state index contributed by atoms with van der Waals surface area (Å²) in [5, 5.41) is 2.18. The summed E-state index contributed by atoms with van der Waals surface area (Å²) in [7, 11) is 0. The van der Waals surface area contributed by atoms with Crippen molar-refractivity contribution in [2.45, 2.75) is 24.9 Å². The zero-order chi connectivity index (χ0) is 12.1. The van der Waals surface area contributed by atoms with Crippen LogP contribution < -0.4 is 0 Å². The summed E-state index contributed by atoms with van der Waals surface area (Å²) in [4.78, 5) is 10.7. The number of thiophene rings is 1. The Morgan fingerprint density at radius 2 is 2.33 bits per heavy atom. The van der Waals surface area contributed by atoms with Crippen LogP contribution in [0.25, 0.3) is 0 Å². The van der Waals surface area contributed by atoms with Crippen LogP contribution in [0.4, 0.5) is 4.39 Å². The van der Waals surface area contributed by atoms with Crippen LogP contribution in [0.1, 0.15) is 22.9 Å². The maximum atomic E-state index is 12.8. The van der Waals surface area contributed by atoms with Crippen LogP contribution in [0.15, 0.2) is 16.4 Å². The lowest BCUT2D eigenvalue weighted by molar-refractivity contribution is 0.126. The first-order chi connectivity index (χ1) is 8.88. The second-order valence-electron chi connectivity index (χ2n) is 5.19. The van der Waals surface area contributed by atoms with Gasteiger partial charge in [0.1, 0.15) is 6.67 Å². The molecule has 0 amide bonds. The van der Waals surface area contributed by atoms with Gasteiger partial charge in [0.05, 0.1) is 18.6 Å². The van der Waals surface area contributed by atoms with Crippen LogP contribution in [0, 0.1) is 0 Å². The molecule has 1 aromatic rings. The molecule has 3 aliphatic heterocycles. The van der Waals surface area contributed by atoms with Crippen molar-refractivity contribution >= 4 is 17.3 Å². The van der Waals surface area contributed by atoms with E-state index in [1.54, 1.807) is 0 Å². The van der Waals surface area contributed by atoms with E-state index < -0.39 is 0 Å². The second kappa shape index (κ2) is 3.95. The number of hydrogen-bond donors (Lipinski definition) is 0. The highest BCUT2D eigenvalue weighted by atomic mass is 32.1. The number of halogens is 1. The van der Waals surface area contributed by atoms with Crippen molar-refractivity contribution in [3.05, 3.63) is 21.9 Å². The van der Waals surface area contributed by atoms with Crippen LogP contribution >= 0.6 is 11.3 Å². The molecule has 1 fully saturated rings. The van der Waals surface area contributed by atoms with Crippen molar-refractivity contribution in [3.8, 4) is 0 Å². The van der Waals surface area contributed by atoms with E-state index in [-0.39, 0.29) is 12.7 Å². The zero-order valence-electron chi connectivity index (χ0n) is 10.2. The maximum absolute atomic E-state index is 12.8. The van der Waals surface area contributed by atoms with Crippen molar-refractivity contribution in [3.63, 3.8) is 0 Å². The van der Waals surface area contributed by atoms with Gasteiger partial charge in [-0.1, -0.05) is 0 Å². The summed E-state index contributed by atoms with van der Waals surface area (Å²) in [6, 6.07) is 2.72. The van der Waals surface area contributed by atoms with E-state index >= 15 is 0 Å². The lowest BCUT2D eigenvalue weighted by Gasteiger charge is -2.45.